The Balaban J connectivity index is 1.15. The van der Waals surface area contributed by atoms with Crippen LogP contribution in [0.3, 0.4) is 0 Å². The molecule has 0 saturated carbocycles. The fourth-order valence-corrected chi connectivity index (χ4v) is 6.02. The van der Waals surface area contributed by atoms with Crippen LogP contribution in [-0.2, 0) is 0 Å². The Morgan fingerprint density at radius 1 is 0.738 bits per heavy atom. The van der Waals surface area contributed by atoms with Gasteiger partial charge in [-0.15, -0.1) is 32.9 Å². The number of anilines is 1. The minimum absolute atomic E-state index is 0.639. The predicted octanol–water partition coefficient (Wildman–Crippen LogP) is 6.03. The number of hydrogen-bond donors (Lipinski definition) is 1. The van der Waals surface area contributed by atoms with Gasteiger partial charge >= 0.3 is 0 Å². The first-order valence-corrected chi connectivity index (χ1v) is 14.9. The molecular weight excluding hydrogens is 567 g/mol. The van der Waals surface area contributed by atoms with Crippen molar-refractivity contribution in [3.8, 4) is 34.2 Å². The molecule has 208 valence electrons. The first-order chi connectivity index (χ1) is 20.5. The molecule has 11 nitrogen and oxygen atoms in total. The van der Waals surface area contributed by atoms with E-state index in [0.29, 0.717) is 16.5 Å². The van der Waals surface area contributed by atoms with Crippen LogP contribution in [0.1, 0.15) is 28.2 Å². The number of hydrogen-bond acceptors (Lipinski definition) is 10. The lowest BCUT2D eigenvalue weighted by Gasteiger charge is -2.04. The van der Waals surface area contributed by atoms with Gasteiger partial charge in [-0.25, -0.2) is 19.3 Å². The van der Waals surface area contributed by atoms with Crippen molar-refractivity contribution in [2.45, 2.75) is 27.7 Å². The average molecular weight is 592 g/mol. The zero-order valence-corrected chi connectivity index (χ0v) is 24.8. The number of nitrogens with zero attached hydrogens (tertiary/aromatic N) is 10. The van der Waals surface area contributed by atoms with Gasteiger partial charge in [-0.3, -0.25) is 9.83 Å². The van der Waals surface area contributed by atoms with Crippen molar-refractivity contribution < 1.29 is 0 Å². The Hall–Kier alpha value is -5.01. The van der Waals surface area contributed by atoms with E-state index in [1.165, 1.54) is 22.5 Å². The minimum atomic E-state index is 0.639. The van der Waals surface area contributed by atoms with Gasteiger partial charge in [-0.05, 0) is 52.0 Å². The normalized spacial score (nSPS) is 11.7. The van der Waals surface area contributed by atoms with Gasteiger partial charge in [-0.2, -0.15) is 5.10 Å². The molecule has 0 bridgehead atoms. The summed E-state index contributed by atoms with van der Waals surface area (Å²) in [5, 5.41) is 26.8. The molecule has 5 heterocycles. The fourth-order valence-electron chi connectivity index (χ4n) is 4.66. The van der Waals surface area contributed by atoms with Crippen molar-refractivity contribution in [3.63, 3.8) is 0 Å². The number of thiazole rings is 2. The van der Waals surface area contributed by atoms with Crippen LogP contribution >= 0.6 is 22.7 Å². The highest BCUT2D eigenvalue weighted by Crippen LogP contribution is 2.29. The van der Waals surface area contributed by atoms with Crippen LogP contribution < -0.4 is 5.43 Å². The SMILES string of the molecule is Cc1ccc(-n2nnc(-c3csc(N/N=C\c4c(-c5nnn(-c6ccc(C)cc6)c5C)nc5sccn45)n3)c2C)cc1. The molecule has 0 aliphatic rings. The van der Waals surface area contributed by atoms with Gasteiger partial charge in [0.05, 0.1) is 34.7 Å². The molecule has 0 radical (unpaired) electrons. The number of aryl methyl sites for hydroxylation is 2. The van der Waals surface area contributed by atoms with Crippen molar-refractivity contribution in [1.29, 1.82) is 0 Å². The molecule has 0 amide bonds. The van der Waals surface area contributed by atoms with Crippen molar-refractivity contribution in [2.75, 3.05) is 5.43 Å². The van der Waals surface area contributed by atoms with E-state index < -0.39 is 0 Å². The molecule has 1 N–H and O–H groups in total. The van der Waals surface area contributed by atoms with Crippen LogP contribution in [0.5, 0.6) is 0 Å². The fraction of sp³-hybridized carbons (Fsp3) is 0.138. The van der Waals surface area contributed by atoms with E-state index in [9.17, 15) is 0 Å². The maximum absolute atomic E-state index is 4.85. The van der Waals surface area contributed by atoms with Crippen molar-refractivity contribution in [1.82, 2.24) is 44.4 Å². The molecule has 42 heavy (non-hydrogen) atoms. The van der Waals surface area contributed by atoms with Crippen LogP contribution in [-0.4, -0.2) is 50.6 Å². The molecule has 0 atom stereocenters. The number of nitrogens with one attached hydrogen (secondary N) is 1. The molecule has 0 aliphatic heterocycles. The monoisotopic (exact) mass is 591 g/mol. The van der Waals surface area contributed by atoms with Crippen LogP contribution in [0.2, 0.25) is 0 Å². The molecule has 0 fully saturated rings. The first-order valence-electron chi connectivity index (χ1n) is 13.2. The molecule has 5 aromatic heterocycles. The van der Waals surface area contributed by atoms with Gasteiger partial charge in [-0.1, -0.05) is 45.8 Å². The summed E-state index contributed by atoms with van der Waals surface area (Å²) in [5.41, 5.74) is 12.8. The molecule has 7 aromatic rings. The van der Waals surface area contributed by atoms with E-state index in [4.69, 9.17) is 9.97 Å². The van der Waals surface area contributed by atoms with Crippen molar-refractivity contribution in [3.05, 3.63) is 93.7 Å². The van der Waals surface area contributed by atoms with Crippen LogP contribution in [0, 0.1) is 27.7 Å². The van der Waals surface area contributed by atoms with Crippen molar-refractivity contribution >= 4 is 39.0 Å². The maximum Gasteiger partial charge on any atom is 0.203 e. The second-order valence-electron chi connectivity index (χ2n) is 9.85. The van der Waals surface area contributed by atoms with E-state index in [-0.39, 0.29) is 0 Å². The standard InChI is InChI=1S/C29H25N11S2/c1-17-5-9-21(10-6-17)39-19(3)25(33-36-39)23-16-42-28(31-23)35-30-15-24-27(32-29-38(24)13-14-41-29)26-20(4)40(37-34-26)22-11-7-18(2)8-12-22/h5-16H,1-4H3,(H,31,35)/b30-15-. The Morgan fingerprint density at radius 2 is 1.36 bits per heavy atom. The van der Waals surface area contributed by atoms with E-state index in [1.807, 2.05) is 68.8 Å². The summed E-state index contributed by atoms with van der Waals surface area (Å²) in [4.78, 5) is 10.4. The van der Waals surface area contributed by atoms with E-state index in [0.717, 1.165) is 44.8 Å². The first kappa shape index (κ1) is 25.9. The van der Waals surface area contributed by atoms with Gasteiger partial charge in [0.15, 0.2) is 4.96 Å². The maximum atomic E-state index is 4.85. The molecule has 0 aliphatic carbocycles. The minimum Gasteiger partial charge on any atom is -0.289 e. The molecule has 0 unspecified atom stereocenters. The largest absolute Gasteiger partial charge is 0.289 e. The molecule has 0 spiro atoms. The second-order valence-corrected chi connectivity index (χ2v) is 11.6. The molecule has 2 aromatic carbocycles. The summed E-state index contributed by atoms with van der Waals surface area (Å²) in [7, 11) is 0. The highest BCUT2D eigenvalue weighted by molar-refractivity contribution is 7.15. The highest BCUT2D eigenvalue weighted by Gasteiger charge is 2.21. The Labute approximate surface area is 248 Å². The van der Waals surface area contributed by atoms with Gasteiger partial charge in [0.2, 0.25) is 5.13 Å². The Kier molecular flexibility index (Phi) is 6.44. The number of rotatable bonds is 7. The van der Waals surface area contributed by atoms with Gasteiger partial charge in [0, 0.05) is 17.0 Å². The Morgan fingerprint density at radius 3 is 2.02 bits per heavy atom. The summed E-state index contributed by atoms with van der Waals surface area (Å²) >= 11 is 3.00. The summed E-state index contributed by atoms with van der Waals surface area (Å²) in [6, 6.07) is 16.4. The van der Waals surface area contributed by atoms with E-state index in [2.05, 4.69) is 69.3 Å². The highest BCUT2D eigenvalue weighted by atomic mass is 32.1. The zero-order chi connectivity index (χ0) is 28.8. The number of benzene rings is 2. The van der Waals surface area contributed by atoms with Gasteiger partial charge < -0.3 is 0 Å². The quantitative estimate of drug-likeness (QED) is 0.178. The third-order valence-corrected chi connectivity index (χ3v) is 8.47. The average Bonchev–Trinajstić information content (AvgIpc) is 3.81. The van der Waals surface area contributed by atoms with Crippen LogP contribution in [0.4, 0.5) is 5.13 Å². The third kappa shape index (κ3) is 4.58. The number of hydrazone groups is 1. The predicted molar refractivity (Wildman–Crippen MR) is 166 cm³/mol. The van der Waals surface area contributed by atoms with Gasteiger partial charge in [0.1, 0.15) is 22.8 Å². The molecule has 0 saturated heterocycles. The summed E-state index contributed by atoms with van der Waals surface area (Å²) in [6.45, 7) is 8.11. The van der Waals surface area contributed by atoms with Gasteiger partial charge in [0.25, 0.3) is 0 Å². The lowest BCUT2D eigenvalue weighted by atomic mass is 10.2. The molecule has 7 rings (SSSR count). The third-order valence-electron chi connectivity index (χ3n) is 6.96. The smallest absolute Gasteiger partial charge is 0.203 e. The molecule has 13 heteroatoms. The van der Waals surface area contributed by atoms with Crippen molar-refractivity contribution in [2.24, 2.45) is 5.10 Å². The number of aromatic nitrogens is 9. The summed E-state index contributed by atoms with van der Waals surface area (Å²) < 4.78 is 5.65. The number of fused-ring (bicyclic) bond motifs is 1. The summed E-state index contributed by atoms with van der Waals surface area (Å²) in [6.07, 6.45) is 3.71. The van der Waals surface area contributed by atoms with Crippen LogP contribution in [0.25, 0.3) is 39.1 Å². The topological polar surface area (TPSA) is 116 Å². The lowest BCUT2D eigenvalue weighted by molar-refractivity contribution is 0.785. The lowest BCUT2D eigenvalue weighted by Crippen LogP contribution is -1.99. The summed E-state index contributed by atoms with van der Waals surface area (Å²) in [5.74, 6) is 0. The molecular formula is C29H25N11S2. The second kappa shape index (κ2) is 10.4. The Bertz CT molecular complexity index is 2050. The zero-order valence-electron chi connectivity index (χ0n) is 23.2. The number of imidazole rings is 1. The van der Waals surface area contributed by atoms with Crippen LogP contribution in [0.15, 0.2) is 70.6 Å². The van der Waals surface area contributed by atoms with E-state index >= 15 is 0 Å². The van der Waals surface area contributed by atoms with E-state index in [1.54, 1.807) is 17.6 Å².